The summed E-state index contributed by atoms with van der Waals surface area (Å²) in [7, 11) is 3.12. The van der Waals surface area contributed by atoms with E-state index in [1.54, 1.807) is 4.90 Å². The Hall–Kier alpha value is -3.82. The van der Waals surface area contributed by atoms with E-state index in [0.717, 1.165) is 17.0 Å². The third-order valence-corrected chi connectivity index (χ3v) is 10.3. The molecule has 0 spiro atoms. The van der Waals surface area contributed by atoms with Gasteiger partial charge in [0.15, 0.2) is 0 Å². The molecule has 3 amide bonds. The van der Waals surface area contributed by atoms with Crippen LogP contribution in [-0.4, -0.2) is 86.7 Å². The number of amides is 3. The highest BCUT2D eigenvalue weighted by Gasteiger charge is 2.50. The number of fused-ring (bicyclic) bond motifs is 2. The number of pyridine rings is 1. The van der Waals surface area contributed by atoms with E-state index in [9.17, 15) is 31.5 Å². The zero-order valence-electron chi connectivity index (χ0n) is 26.4. The molecule has 4 atom stereocenters. The van der Waals surface area contributed by atoms with Gasteiger partial charge in [-0.25, -0.2) is 27.3 Å². The van der Waals surface area contributed by atoms with Crippen molar-refractivity contribution < 1.29 is 45.1 Å². The highest BCUT2D eigenvalue weighted by atomic mass is 19.4. The second-order valence-corrected chi connectivity index (χ2v) is 13.1. The molecule has 2 N–H and O–H groups in total. The molecule has 9 nitrogen and oxygen atoms in total. The summed E-state index contributed by atoms with van der Waals surface area (Å²) in [6.45, 7) is -0.0763. The first-order valence-electron chi connectivity index (χ1n) is 16.0. The van der Waals surface area contributed by atoms with Crippen molar-refractivity contribution in [1.82, 2.24) is 20.5 Å². The van der Waals surface area contributed by atoms with Gasteiger partial charge in [-0.3, -0.25) is 14.6 Å². The number of nitrogens with zero attached hydrogens (tertiary/aromatic N) is 4. The standard InChI is InChI=1S/C32H37F7N6O3/c1-43-13-19-9-18(43)14-44(19)25-7-8-40-29(27(25)32(37,38)39)45-15-22(26-23(33)10-20(48-2)11-24(26)34)21(30(45)46)12-41-31(47)42-17-5-3-16(4-6-17)28(35)36/h7-8,10-11,16-19,21-22,28H,3-6,9,12-15H2,1-2H3,(H2,41,42,47)/t16?,17?,18-,19-,21?,22+/m0/s1. The van der Waals surface area contributed by atoms with Crippen LogP contribution in [0.25, 0.3) is 0 Å². The summed E-state index contributed by atoms with van der Waals surface area (Å²) >= 11 is 0. The van der Waals surface area contributed by atoms with E-state index < -0.39 is 90.0 Å². The Kier molecular flexibility index (Phi) is 9.39. The number of carbonyl (C=O) groups is 2. The van der Waals surface area contributed by atoms with E-state index in [2.05, 4.69) is 20.5 Å². The van der Waals surface area contributed by atoms with Gasteiger partial charge in [-0.2, -0.15) is 13.2 Å². The number of methoxy groups -OCH3 is 1. The molecule has 4 aliphatic rings. The molecule has 1 aliphatic carbocycles. The lowest BCUT2D eigenvalue weighted by Crippen LogP contribution is -2.46. The monoisotopic (exact) mass is 686 g/mol. The van der Waals surface area contributed by atoms with Gasteiger partial charge in [0.25, 0.3) is 0 Å². The fourth-order valence-corrected chi connectivity index (χ4v) is 7.80. The average Bonchev–Trinajstić information content (AvgIpc) is 3.71. The molecule has 1 unspecified atom stereocenters. The number of carbonyl (C=O) groups excluding carboxylic acids is 2. The van der Waals surface area contributed by atoms with Gasteiger partial charge in [-0.05, 0) is 45.2 Å². The van der Waals surface area contributed by atoms with Crippen LogP contribution in [0.5, 0.6) is 5.75 Å². The number of alkyl halides is 5. The SMILES string of the molecule is COc1cc(F)c([C@@H]2CN(c3nccc(N4C[C@@H]5C[C@H]4CN5C)c3C(F)(F)F)C(=O)C2CNC(=O)NC2CCC(C(F)F)CC2)c(F)c1. The number of benzene rings is 1. The van der Waals surface area contributed by atoms with Crippen molar-refractivity contribution in [3.05, 3.63) is 47.2 Å². The first-order chi connectivity index (χ1) is 22.8. The lowest BCUT2D eigenvalue weighted by molar-refractivity contribution is -0.137. The Labute approximate surface area is 272 Å². The summed E-state index contributed by atoms with van der Waals surface area (Å²) in [5, 5.41) is 5.20. The van der Waals surface area contributed by atoms with Crippen molar-refractivity contribution >= 4 is 23.4 Å². The number of likely N-dealkylation sites (tertiary alicyclic amines) is 1. The molecule has 2 bridgehead atoms. The van der Waals surface area contributed by atoms with Crippen molar-refractivity contribution in [2.24, 2.45) is 11.8 Å². The summed E-state index contributed by atoms with van der Waals surface area (Å²) in [5.41, 5.74) is -1.77. The van der Waals surface area contributed by atoms with Gasteiger partial charge < -0.3 is 20.3 Å². The summed E-state index contributed by atoms with van der Waals surface area (Å²) in [4.78, 5) is 35.4. The summed E-state index contributed by atoms with van der Waals surface area (Å²) in [6.07, 6.45) is -4.42. The van der Waals surface area contributed by atoms with E-state index in [-0.39, 0.29) is 36.4 Å². The van der Waals surface area contributed by atoms with Gasteiger partial charge in [-0.15, -0.1) is 0 Å². The van der Waals surface area contributed by atoms with E-state index in [0.29, 0.717) is 32.4 Å². The zero-order valence-corrected chi connectivity index (χ0v) is 26.4. The Bertz CT molecular complexity index is 1510. The molecule has 1 aromatic heterocycles. The molecule has 16 heteroatoms. The Morgan fingerprint density at radius 1 is 1.06 bits per heavy atom. The topological polar surface area (TPSA) is 90.0 Å². The zero-order chi connectivity index (χ0) is 34.5. The quantitative estimate of drug-likeness (QED) is 0.374. The number of ether oxygens (including phenoxy) is 1. The molecular formula is C32H37F7N6O3. The van der Waals surface area contributed by atoms with E-state index in [4.69, 9.17) is 4.74 Å². The molecule has 0 radical (unpaired) electrons. The number of hydrogen-bond acceptors (Lipinski definition) is 6. The molecule has 4 heterocycles. The van der Waals surface area contributed by atoms with Crippen LogP contribution in [0.4, 0.5) is 47.0 Å². The van der Waals surface area contributed by atoms with Crippen LogP contribution in [0, 0.1) is 23.5 Å². The second-order valence-electron chi connectivity index (χ2n) is 13.1. The number of halogens is 7. The highest BCUT2D eigenvalue weighted by Crippen LogP contribution is 2.48. The number of hydrogen-bond donors (Lipinski definition) is 2. The van der Waals surface area contributed by atoms with Crippen LogP contribution in [-0.2, 0) is 11.0 Å². The van der Waals surface area contributed by atoms with Crippen LogP contribution in [0.2, 0.25) is 0 Å². The van der Waals surface area contributed by atoms with Crippen LogP contribution in [0.3, 0.4) is 0 Å². The van der Waals surface area contributed by atoms with E-state index in [1.165, 1.54) is 19.4 Å². The lowest BCUT2D eigenvalue weighted by Gasteiger charge is -2.35. The predicted octanol–water partition coefficient (Wildman–Crippen LogP) is 5.15. The number of piperazine rings is 1. The van der Waals surface area contributed by atoms with E-state index in [1.807, 2.05) is 7.05 Å². The van der Waals surface area contributed by atoms with Gasteiger partial charge in [0.2, 0.25) is 12.3 Å². The Morgan fingerprint density at radius 3 is 2.31 bits per heavy atom. The minimum Gasteiger partial charge on any atom is -0.497 e. The first kappa shape index (κ1) is 34.1. The van der Waals surface area contributed by atoms with Crippen molar-refractivity contribution in [1.29, 1.82) is 0 Å². The maximum absolute atomic E-state index is 15.4. The third kappa shape index (κ3) is 6.47. The molecule has 3 saturated heterocycles. The summed E-state index contributed by atoms with van der Waals surface area (Å²) < 4.78 is 107. The van der Waals surface area contributed by atoms with Crippen LogP contribution < -0.4 is 25.2 Å². The van der Waals surface area contributed by atoms with Crippen LogP contribution >= 0.6 is 0 Å². The minimum atomic E-state index is -4.93. The molecule has 262 valence electrons. The molecule has 1 aromatic carbocycles. The summed E-state index contributed by atoms with van der Waals surface area (Å²) in [5.74, 6) is -7.27. The van der Waals surface area contributed by atoms with Crippen molar-refractivity contribution in [3.63, 3.8) is 0 Å². The van der Waals surface area contributed by atoms with E-state index >= 15 is 8.78 Å². The number of urea groups is 1. The van der Waals surface area contributed by atoms with Crippen molar-refractivity contribution in [2.75, 3.05) is 50.1 Å². The number of anilines is 2. The molecular weight excluding hydrogens is 649 g/mol. The van der Waals surface area contributed by atoms with Gasteiger partial charge >= 0.3 is 12.2 Å². The fourth-order valence-electron chi connectivity index (χ4n) is 7.80. The molecule has 48 heavy (non-hydrogen) atoms. The van der Waals surface area contributed by atoms with Crippen molar-refractivity contribution in [3.8, 4) is 5.75 Å². The second kappa shape index (κ2) is 13.2. The highest BCUT2D eigenvalue weighted by molar-refractivity contribution is 5.99. The molecule has 6 rings (SSSR count). The maximum atomic E-state index is 15.4. The van der Waals surface area contributed by atoms with Gasteiger partial charge in [0, 0.05) is 80.0 Å². The largest absolute Gasteiger partial charge is 0.497 e. The minimum absolute atomic E-state index is 0.0764. The molecule has 4 fully saturated rings. The predicted molar refractivity (Wildman–Crippen MR) is 161 cm³/mol. The van der Waals surface area contributed by atoms with Gasteiger partial charge in [0.05, 0.1) is 18.7 Å². The van der Waals surface area contributed by atoms with Crippen LogP contribution in [0.1, 0.15) is 49.1 Å². The van der Waals surface area contributed by atoms with Gasteiger partial charge in [0.1, 0.15) is 28.8 Å². The average molecular weight is 687 g/mol. The van der Waals surface area contributed by atoms with Crippen LogP contribution in [0.15, 0.2) is 24.4 Å². The Balaban J connectivity index is 1.29. The maximum Gasteiger partial charge on any atom is 0.421 e. The summed E-state index contributed by atoms with van der Waals surface area (Å²) in [6, 6.07) is 1.88. The molecule has 3 aliphatic heterocycles. The van der Waals surface area contributed by atoms with Gasteiger partial charge in [-0.1, -0.05) is 0 Å². The Morgan fingerprint density at radius 2 is 1.75 bits per heavy atom. The third-order valence-electron chi connectivity index (χ3n) is 10.3. The normalized spacial score (nSPS) is 27.7. The first-order valence-corrected chi connectivity index (χ1v) is 16.0. The fraction of sp³-hybridized carbons (Fsp3) is 0.594. The number of rotatable bonds is 8. The number of nitrogens with one attached hydrogen (secondary N) is 2. The molecule has 2 aromatic rings. The lowest BCUT2D eigenvalue weighted by atomic mass is 9.86. The number of aromatic nitrogens is 1. The van der Waals surface area contributed by atoms with Crippen molar-refractivity contribution in [2.45, 2.75) is 68.7 Å². The number of likely N-dealkylation sites (N-methyl/N-ethyl adjacent to an activating group) is 1. The molecule has 1 saturated carbocycles. The smallest absolute Gasteiger partial charge is 0.421 e.